The summed E-state index contributed by atoms with van der Waals surface area (Å²) < 4.78 is 17.2. The number of ether oxygens (including phenoxy) is 2. The molecule has 0 saturated heterocycles. The Bertz CT molecular complexity index is 1070. The van der Waals surface area contributed by atoms with Crippen molar-refractivity contribution in [2.75, 3.05) is 7.11 Å². The molecule has 0 spiro atoms. The summed E-state index contributed by atoms with van der Waals surface area (Å²) in [7, 11) is 1.61. The SMILES string of the molecule is COc1ccc(-c2cc(COC(=O)c3cccc(-n4cnnn4)c3)on2)cc1. The summed E-state index contributed by atoms with van der Waals surface area (Å²) >= 11 is 0. The van der Waals surface area contributed by atoms with E-state index in [0.29, 0.717) is 22.7 Å². The van der Waals surface area contributed by atoms with Gasteiger partial charge >= 0.3 is 5.97 Å². The molecule has 0 aliphatic rings. The van der Waals surface area contributed by atoms with Gasteiger partial charge in [-0.1, -0.05) is 11.2 Å². The van der Waals surface area contributed by atoms with Crippen molar-refractivity contribution in [1.82, 2.24) is 25.4 Å². The number of aromatic nitrogens is 5. The van der Waals surface area contributed by atoms with Gasteiger partial charge in [-0.05, 0) is 52.9 Å². The van der Waals surface area contributed by atoms with E-state index in [-0.39, 0.29) is 6.61 Å². The van der Waals surface area contributed by atoms with Gasteiger partial charge in [-0.2, -0.15) is 0 Å². The summed E-state index contributed by atoms with van der Waals surface area (Å²) in [5, 5.41) is 15.0. The van der Waals surface area contributed by atoms with Crippen molar-refractivity contribution in [3.63, 3.8) is 0 Å². The zero-order valence-corrected chi connectivity index (χ0v) is 14.8. The van der Waals surface area contributed by atoms with Crippen LogP contribution in [0.2, 0.25) is 0 Å². The first-order valence-corrected chi connectivity index (χ1v) is 8.33. The van der Waals surface area contributed by atoms with Crippen molar-refractivity contribution in [3.05, 3.63) is 72.2 Å². The van der Waals surface area contributed by atoms with Crippen LogP contribution < -0.4 is 4.74 Å². The third kappa shape index (κ3) is 3.73. The van der Waals surface area contributed by atoms with E-state index < -0.39 is 5.97 Å². The van der Waals surface area contributed by atoms with Crippen LogP contribution in [0.3, 0.4) is 0 Å². The molecule has 2 aromatic heterocycles. The Hall–Kier alpha value is -4.01. The van der Waals surface area contributed by atoms with E-state index in [1.54, 1.807) is 37.4 Å². The quantitative estimate of drug-likeness (QED) is 0.472. The number of nitrogens with zero attached hydrogens (tertiary/aromatic N) is 5. The first-order chi connectivity index (χ1) is 13.7. The average Bonchev–Trinajstić information content (AvgIpc) is 3.44. The highest BCUT2D eigenvalue weighted by atomic mass is 16.5. The second kappa shape index (κ2) is 7.70. The normalized spacial score (nSPS) is 10.6. The van der Waals surface area contributed by atoms with Crippen molar-refractivity contribution < 1.29 is 18.8 Å². The fourth-order valence-corrected chi connectivity index (χ4v) is 2.55. The van der Waals surface area contributed by atoms with Crippen molar-refractivity contribution in [2.45, 2.75) is 6.61 Å². The number of carbonyl (C=O) groups excluding carboxylic acids is 1. The summed E-state index contributed by atoms with van der Waals surface area (Å²) in [6, 6.07) is 15.9. The first kappa shape index (κ1) is 17.4. The van der Waals surface area contributed by atoms with Crippen LogP contribution in [0.1, 0.15) is 16.1 Å². The number of methoxy groups -OCH3 is 1. The van der Waals surface area contributed by atoms with Crippen LogP contribution in [-0.2, 0) is 11.3 Å². The Labute approximate surface area is 159 Å². The number of esters is 1. The fourth-order valence-electron chi connectivity index (χ4n) is 2.55. The fraction of sp³-hybridized carbons (Fsp3) is 0.105. The molecule has 4 rings (SSSR count). The lowest BCUT2D eigenvalue weighted by Crippen LogP contribution is -2.06. The van der Waals surface area contributed by atoms with Crippen molar-refractivity contribution in [2.24, 2.45) is 0 Å². The predicted molar refractivity (Wildman–Crippen MR) is 96.8 cm³/mol. The summed E-state index contributed by atoms with van der Waals surface area (Å²) in [5.41, 5.74) is 2.55. The minimum absolute atomic E-state index is 0.0307. The average molecular weight is 377 g/mol. The lowest BCUT2D eigenvalue weighted by Gasteiger charge is -2.04. The minimum atomic E-state index is -0.489. The van der Waals surface area contributed by atoms with Gasteiger partial charge in [0.25, 0.3) is 0 Å². The molecular formula is C19H15N5O4. The second-order valence-corrected chi connectivity index (χ2v) is 5.79. The van der Waals surface area contributed by atoms with Gasteiger partial charge in [0.15, 0.2) is 12.4 Å². The lowest BCUT2D eigenvalue weighted by atomic mass is 10.1. The summed E-state index contributed by atoms with van der Waals surface area (Å²) in [4.78, 5) is 12.3. The third-order valence-corrected chi connectivity index (χ3v) is 3.99. The predicted octanol–water partition coefficient (Wildman–Crippen LogP) is 2.68. The van der Waals surface area contributed by atoms with Crippen LogP contribution in [0, 0.1) is 0 Å². The third-order valence-electron chi connectivity index (χ3n) is 3.99. The van der Waals surface area contributed by atoms with Gasteiger partial charge in [0.05, 0.1) is 18.4 Å². The maximum atomic E-state index is 12.3. The highest BCUT2D eigenvalue weighted by molar-refractivity contribution is 5.90. The smallest absolute Gasteiger partial charge is 0.338 e. The van der Waals surface area contributed by atoms with E-state index in [2.05, 4.69) is 20.7 Å². The van der Waals surface area contributed by atoms with Gasteiger partial charge in [-0.15, -0.1) is 5.10 Å². The van der Waals surface area contributed by atoms with Crippen LogP contribution >= 0.6 is 0 Å². The number of carbonyl (C=O) groups is 1. The van der Waals surface area contributed by atoms with Crippen molar-refractivity contribution in [1.29, 1.82) is 0 Å². The molecule has 140 valence electrons. The van der Waals surface area contributed by atoms with Gasteiger partial charge in [0, 0.05) is 11.6 Å². The number of hydrogen-bond acceptors (Lipinski definition) is 8. The monoisotopic (exact) mass is 377 g/mol. The van der Waals surface area contributed by atoms with Crippen LogP contribution in [0.4, 0.5) is 0 Å². The van der Waals surface area contributed by atoms with Crippen LogP contribution in [0.5, 0.6) is 5.75 Å². The van der Waals surface area contributed by atoms with Crippen molar-refractivity contribution in [3.8, 4) is 22.7 Å². The van der Waals surface area contributed by atoms with Gasteiger partial charge in [0.1, 0.15) is 17.8 Å². The summed E-state index contributed by atoms with van der Waals surface area (Å²) in [6.45, 7) is -0.0307. The lowest BCUT2D eigenvalue weighted by molar-refractivity contribution is 0.0437. The van der Waals surface area contributed by atoms with Gasteiger partial charge in [0.2, 0.25) is 0 Å². The largest absolute Gasteiger partial charge is 0.497 e. The Morgan fingerprint density at radius 3 is 2.75 bits per heavy atom. The molecule has 9 heteroatoms. The molecule has 0 aliphatic carbocycles. The van der Waals surface area contributed by atoms with Crippen molar-refractivity contribution >= 4 is 5.97 Å². The molecule has 0 aliphatic heterocycles. The van der Waals surface area contributed by atoms with Crippen LogP contribution in [0.15, 0.2) is 65.4 Å². The highest BCUT2D eigenvalue weighted by Crippen LogP contribution is 2.22. The molecule has 4 aromatic rings. The van der Waals surface area contributed by atoms with E-state index in [1.165, 1.54) is 11.0 Å². The van der Waals surface area contributed by atoms with E-state index in [0.717, 1.165) is 11.3 Å². The first-order valence-electron chi connectivity index (χ1n) is 8.33. The van der Waals surface area contributed by atoms with E-state index in [1.807, 2.05) is 24.3 Å². The zero-order valence-electron chi connectivity index (χ0n) is 14.8. The molecule has 9 nitrogen and oxygen atoms in total. The molecule has 0 amide bonds. The summed E-state index contributed by atoms with van der Waals surface area (Å²) in [5.74, 6) is 0.707. The number of benzene rings is 2. The molecule has 0 saturated carbocycles. The Morgan fingerprint density at radius 1 is 1.14 bits per heavy atom. The topological polar surface area (TPSA) is 105 Å². The molecule has 2 aromatic carbocycles. The molecule has 0 unspecified atom stereocenters. The van der Waals surface area contributed by atoms with E-state index in [4.69, 9.17) is 14.0 Å². The molecule has 0 atom stereocenters. The maximum Gasteiger partial charge on any atom is 0.338 e. The zero-order chi connectivity index (χ0) is 19.3. The molecule has 2 heterocycles. The molecule has 28 heavy (non-hydrogen) atoms. The van der Waals surface area contributed by atoms with Gasteiger partial charge < -0.3 is 14.0 Å². The molecule has 0 radical (unpaired) electrons. The van der Waals surface area contributed by atoms with E-state index >= 15 is 0 Å². The highest BCUT2D eigenvalue weighted by Gasteiger charge is 2.12. The molecular weight excluding hydrogens is 362 g/mol. The Morgan fingerprint density at radius 2 is 2.00 bits per heavy atom. The summed E-state index contributed by atoms with van der Waals surface area (Å²) in [6.07, 6.45) is 1.44. The van der Waals surface area contributed by atoms with Crippen LogP contribution in [-0.4, -0.2) is 38.4 Å². The van der Waals surface area contributed by atoms with E-state index in [9.17, 15) is 4.79 Å². The standard InChI is InChI=1S/C19H15N5O4/c1-26-16-7-5-13(6-8-16)18-10-17(28-21-18)11-27-19(25)14-3-2-4-15(9-14)24-12-20-22-23-24/h2-10,12H,11H2,1H3. The Kier molecular flexibility index (Phi) is 4.79. The molecule has 0 bridgehead atoms. The molecule has 0 fully saturated rings. The van der Waals surface area contributed by atoms with Gasteiger partial charge in [-0.25, -0.2) is 9.48 Å². The molecule has 0 N–H and O–H groups in total. The number of rotatable bonds is 6. The van der Waals surface area contributed by atoms with Gasteiger partial charge in [-0.3, -0.25) is 0 Å². The number of hydrogen-bond donors (Lipinski definition) is 0. The minimum Gasteiger partial charge on any atom is -0.497 e. The Balaban J connectivity index is 1.41. The number of tetrazole rings is 1. The maximum absolute atomic E-state index is 12.3. The van der Waals surface area contributed by atoms with Crippen LogP contribution in [0.25, 0.3) is 16.9 Å². The second-order valence-electron chi connectivity index (χ2n) is 5.79.